The fourth-order valence-electron chi connectivity index (χ4n) is 2.93. The van der Waals surface area contributed by atoms with E-state index in [2.05, 4.69) is 20.3 Å². The summed E-state index contributed by atoms with van der Waals surface area (Å²) in [6.45, 7) is 1.90. The van der Waals surface area contributed by atoms with E-state index in [1.165, 1.54) is 11.3 Å². The monoisotopic (exact) mass is 444 g/mol. The van der Waals surface area contributed by atoms with Gasteiger partial charge in [0.15, 0.2) is 6.61 Å². The van der Waals surface area contributed by atoms with E-state index in [1.54, 1.807) is 24.3 Å². The van der Waals surface area contributed by atoms with Crippen LogP contribution in [0.5, 0.6) is 0 Å². The van der Waals surface area contributed by atoms with Crippen LogP contribution in [-0.4, -0.2) is 26.3 Å². The summed E-state index contributed by atoms with van der Waals surface area (Å²) >= 11 is 1.54. The van der Waals surface area contributed by atoms with Crippen molar-refractivity contribution in [2.24, 2.45) is 0 Å². The third kappa shape index (κ3) is 4.19. The summed E-state index contributed by atoms with van der Waals surface area (Å²) in [6, 6.07) is 16.4. The lowest BCUT2D eigenvalue weighted by Gasteiger charge is -2.02. The molecule has 5 aromatic rings. The van der Waals surface area contributed by atoms with Crippen LogP contribution in [0, 0.1) is 6.92 Å². The van der Waals surface area contributed by atoms with E-state index in [9.17, 15) is 4.79 Å². The fraction of sp³-hybridized carbons (Fsp3) is 0.0870. The molecule has 3 heterocycles. The number of thiophene rings is 1. The number of esters is 1. The Kier molecular flexibility index (Phi) is 5.30. The van der Waals surface area contributed by atoms with Gasteiger partial charge in [0.25, 0.3) is 5.89 Å². The molecule has 0 radical (unpaired) electrons. The zero-order chi connectivity index (χ0) is 21.9. The summed E-state index contributed by atoms with van der Waals surface area (Å²) in [5, 5.41) is 15.9. The first-order valence-corrected chi connectivity index (χ1v) is 10.6. The quantitative estimate of drug-likeness (QED) is 0.330. The number of aromatic nitrogens is 4. The molecule has 0 aliphatic carbocycles. The van der Waals surface area contributed by atoms with Gasteiger partial charge >= 0.3 is 5.97 Å². The minimum absolute atomic E-state index is 0.110. The smallest absolute Gasteiger partial charge is 0.338 e. The molecule has 3 aromatic heterocycles. The number of benzene rings is 2. The highest BCUT2D eigenvalue weighted by molar-refractivity contribution is 7.08. The van der Waals surface area contributed by atoms with Crippen LogP contribution in [-0.2, 0) is 11.3 Å². The molecule has 2 aromatic carbocycles. The van der Waals surface area contributed by atoms with Crippen LogP contribution in [0.15, 0.2) is 74.3 Å². The lowest BCUT2D eigenvalue weighted by molar-refractivity contribution is 0.0430. The van der Waals surface area contributed by atoms with Gasteiger partial charge < -0.3 is 13.7 Å². The van der Waals surface area contributed by atoms with Gasteiger partial charge in [0, 0.05) is 22.1 Å². The van der Waals surface area contributed by atoms with Gasteiger partial charge in [-0.25, -0.2) is 4.79 Å². The molecule has 0 amide bonds. The van der Waals surface area contributed by atoms with Crippen LogP contribution in [0.3, 0.4) is 0 Å². The summed E-state index contributed by atoms with van der Waals surface area (Å²) in [5.74, 6) is 0.992. The Morgan fingerprint density at radius 1 is 0.938 bits per heavy atom. The second-order valence-corrected chi connectivity index (χ2v) is 7.74. The molecule has 0 bridgehead atoms. The molecule has 32 heavy (non-hydrogen) atoms. The van der Waals surface area contributed by atoms with Crippen LogP contribution < -0.4 is 0 Å². The number of nitrogens with zero attached hydrogens (tertiary/aromatic N) is 4. The number of carbonyl (C=O) groups is 1. The maximum atomic E-state index is 12.4. The average molecular weight is 444 g/mol. The van der Waals surface area contributed by atoms with Crippen molar-refractivity contribution in [1.29, 1.82) is 0 Å². The van der Waals surface area contributed by atoms with E-state index in [-0.39, 0.29) is 12.5 Å². The topological polar surface area (TPSA) is 104 Å². The third-order valence-corrected chi connectivity index (χ3v) is 5.35. The molecule has 0 saturated heterocycles. The first kappa shape index (κ1) is 19.8. The molecule has 0 spiro atoms. The predicted molar refractivity (Wildman–Crippen MR) is 117 cm³/mol. The van der Waals surface area contributed by atoms with Gasteiger partial charge in [-0.3, -0.25) is 0 Å². The van der Waals surface area contributed by atoms with Crippen LogP contribution in [0.2, 0.25) is 0 Å². The normalized spacial score (nSPS) is 10.9. The molecule has 158 valence electrons. The number of rotatable bonds is 6. The molecule has 0 N–H and O–H groups in total. The van der Waals surface area contributed by atoms with E-state index in [0.717, 1.165) is 16.7 Å². The first-order valence-electron chi connectivity index (χ1n) is 9.69. The molecular weight excluding hydrogens is 428 g/mol. The van der Waals surface area contributed by atoms with Gasteiger partial charge in [0.1, 0.15) is 0 Å². The van der Waals surface area contributed by atoms with Gasteiger partial charge in [-0.1, -0.05) is 22.9 Å². The van der Waals surface area contributed by atoms with Crippen molar-refractivity contribution < 1.29 is 18.5 Å². The van der Waals surface area contributed by atoms with Crippen molar-refractivity contribution in [3.05, 3.63) is 82.4 Å². The van der Waals surface area contributed by atoms with Crippen molar-refractivity contribution in [2.75, 3.05) is 0 Å². The third-order valence-electron chi connectivity index (χ3n) is 4.67. The van der Waals surface area contributed by atoms with E-state index >= 15 is 0 Å². The highest BCUT2D eigenvalue weighted by Gasteiger charge is 2.15. The van der Waals surface area contributed by atoms with Crippen molar-refractivity contribution in [1.82, 2.24) is 20.3 Å². The van der Waals surface area contributed by atoms with Gasteiger partial charge in [0.2, 0.25) is 17.6 Å². The molecule has 8 nitrogen and oxygen atoms in total. The molecule has 9 heteroatoms. The van der Waals surface area contributed by atoms with E-state index in [1.807, 2.05) is 48.0 Å². The highest BCUT2D eigenvalue weighted by atomic mass is 32.1. The van der Waals surface area contributed by atoms with Crippen LogP contribution in [0.1, 0.15) is 21.8 Å². The average Bonchev–Trinajstić information content (AvgIpc) is 3.60. The van der Waals surface area contributed by atoms with Crippen LogP contribution in [0.25, 0.3) is 34.3 Å². The molecule has 5 rings (SSSR count). The second-order valence-electron chi connectivity index (χ2n) is 6.96. The Balaban J connectivity index is 1.23. The second kappa shape index (κ2) is 8.56. The minimum atomic E-state index is -0.502. The van der Waals surface area contributed by atoms with Crippen LogP contribution >= 0.6 is 11.3 Å². The van der Waals surface area contributed by atoms with Gasteiger partial charge in [0.05, 0.1) is 5.56 Å². The van der Waals surface area contributed by atoms with E-state index < -0.39 is 5.97 Å². The number of carbonyl (C=O) groups excluding carboxylic acids is 1. The number of hydrogen-bond acceptors (Lipinski definition) is 9. The number of aryl methyl sites for hydroxylation is 1. The predicted octanol–water partition coefficient (Wildman–Crippen LogP) is 5.18. The molecule has 0 atom stereocenters. The largest absolute Gasteiger partial charge is 0.452 e. The molecule has 0 saturated carbocycles. The summed E-state index contributed by atoms with van der Waals surface area (Å²) in [7, 11) is 0. The lowest BCUT2D eigenvalue weighted by atomic mass is 10.1. The minimum Gasteiger partial charge on any atom is -0.452 e. The maximum Gasteiger partial charge on any atom is 0.338 e. The van der Waals surface area contributed by atoms with Gasteiger partial charge in [-0.05, 0) is 54.8 Å². The van der Waals surface area contributed by atoms with Crippen molar-refractivity contribution in [2.45, 2.75) is 13.5 Å². The Labute approximate surface area is 186 Å². The Hall–Kier alpha value is -4.11. The van der Waals surface area contributed by atoms with E-state index in [4.69, 9.17) is 13.7 Å². The lowest BCUT2D eigenvalue weighted by Crippen LogP contribution is -2.05. The zero-order valence-electron chi connectivity index (χ0n) is 16.9. The molecule has 0 fully saturated rings. The molecular formula is C23H16N4O4S. The summed E-state index contributed by atoms with van der Waals surface area (Å²) in [6.07, 6.45) is 0. The summed E-state index contributed by atoms with van der Waals surface area (Å²) in [5.41, 5.74) is 3.93. The summed E-state index contributed by atoms with van der Waals surface area (Å²) < 4.78 is 16.2. The molecule has 0 aliphatic rings. The van der Waals surface area contributed by atoms with Crippen molar-refractivity contribution in [3.63, 3.8) is 0 Å². The SMILES string of the molecule is Cc1ccc(-c2nnc(-c3ccc(C(=O)OCc4nc(-c5ccsc5)no4)cc3)o2)cc1. The van der Waals surface area contributed by atoms with E-state index in [0.29, 0.717) is 28.7 Å². The van der Waals surface area contributed by atoms with Crippen molar-refractivity contribution >= 4 is 17.3 Å². The van der Waals surface area contributed by atoms with Crippen LogP contribution in [0.4, 0.5) is 0 Å². The maximum absolute atomic E-state index is 12.4. The Morgan fingerprint density at radius 3 is 2.28 bits per heavy atom. The fourth-order valence-corrected chi connectivity index (χ4v) is 3.57. The number of hydrogen-bond donors (Lipinski definition) is 0. The van der Waals surface area contributed by atoms with Crippen molar-refractivity contribution in [3.8, 4) is 34.3 Å². The van der Waals surface area contributed by atoms with Gasteiger partial charge in [-0.2, -0.15) is 16.3 Å². The zero-order valence-corrected chi connectivity index (χ0v) is 17.7. The highest BCUT2D eigenvalue weighted by Crippen LogP contribution is 2.25. The Bertz CT molecular complexity index is 1340. The molecule has 0 unspecified atom stereocenters. The standard InChI is InChI=1S/C23H16N4O4S/c1-14-2-4-15(5-3-14)21-25-26-22(30-21)16-6-8-17(9-7-16)23(28)29-12-19-24-20(27-31-19)18-10-11-32-13-18/h2-11,13H,12H2,1H3. The Morgan fingerprint density at radius 2 is 1.62 bits per heavy atom. The van der Waals surface area contributed by atoms with Gasteiger partial charge in [-0.15, -0.1) is 10.2 Å². The number of ether oxygens (including phenoxy) is 1. The summed E-state index contributed by atoms with van der Waals surface area (Å²) in [4.78, 5) is 16.6. The molecule has 0 aliphatic heterocycles. The first-order chi connectivity index (χ1) is 15.7.